The molecule has 3 aliphatic rings. The third-order valence-electron chi connectivity index (χ3n) is 5.40. The van der Waals surface area contributed by atoms with E-state index in [-0.39, 0.29) is 5.91 Å². The van der Waals surface area contributed by atoms with Crippen LogP contribution in [0.25, 0.3) is 0 Å². The Morgan fingerprint density at radius 1 is 1.15 bits per heavy atom. The Morgan fingerprint density at radius 2 is 2.00 bits per heavy atom. The first-order valence-corrected chi connectivity index (χ1v) is 8.40. The van der Waals surface area contributed by atoms with Gasteiger partial charge in [0, 0.05) is 13.0 Å². The summed E-state index contributed by atoms with van der Waals surface area (Å²) < 4.78 is 5.80. The Bertz CT molecular complexity index is 328. The van der Waals surface area contributed by atoms with Crippen molar-refractivity contribution >= 4 is 5.91 Å². The van der Waals surface area contributed by atoms with Gasteiger partial charge < -0.3 is 15.4 Å². The number of piperidine rings is 1. The van der Waals surface area contributed by atoms with E-state index in [1.807, 2.05) is 0 Å². The van der Waals surface area contributed by atoms with Crippen LogP contribution in [0.15, 0.2) is 0 Å². The van der Waals surface area contributed by atoms with E-state index in [0.29, 0.717) is 25.2 Å². The van der Waals surface area contributed by atoms with Crippen LogP contribution in [0.3, 0.4) is 0 Å². The predicted octanol–water partition coefficient (Wildman–Crippen LogP) is 1.70. The monoisotopic (exact) mass is 280 g/mol. The number of carbonyl (C=O) groups excluding carboxylic acids is 1. The summed E-state index contributed by atoms with van der Waals surface area (Å²) in [5.74, 6) is 2.67. The molecule has 3 fully saturated rings. The topological polar surface area (TPSA) is 50.4 Å². The first kappa shape index (κ1) is 14.3. The molecule has 114 valence electrons. The number of amides is 1. The van der Waals surface area contributed by atoms with Gasteiger partial charge in [-0.25, -0.2) is 0 Å². The maximum atomic E-state index is 11.9. The molecule has 2 aliphatic carbocycles. The van der Waals surface area contributed by atoms with Crippen LogP contribution in [0.4, 0.5) is 0 Å². The number of ether oxygens (including phenoxy) is 1. The average Bonchev–Trinajstić information content (AvgIpc) is 3.07. The SMILES string of the molecule is O=C(CC1CC2CCC1C2)NCCOC1CCNCC1. The van der Waals surface area contributed by atoms with E-state index < -0.39 is 0 Å². The molecule has 3 unspecified atom stereocenters. The first-order chi connectivity index (χ1) is 9.81. The van der Waals surface area contributed by atoms with Gasteiger partial charge in [-0.2, -0.15) is 0 Å². The smallest absolute Gasteiger partial charge is 0.220 e. The molecular formula is C16H28N2O2. The number of hydrogen-bond donors (Lipinski definition) is 2. The molecule has 0 aromatic heterocycles. The van der Waals surface area contributed by atoms with Crippen LogP contribution in [0.2, 0.25) is 0 Å². The van der Waals surface area contributed by atoms with Gasteiger partial charge in [0.25, 0.3) is 0 Å². The van der Waals surface area contributed by atoms with E-state index >= 15 is 0 Å². The lowest BCUT2D eigenvalue weighted by atomic mass is 9.86. The molecule has 4 nitrogen and oxygen atoms in total. The Labute approximate surface area is 122 Å². The summed E-state index contributed by atoms with van der Waals surface area (Å²) in [4.78, 5) is 11.9. The first-order valence-electron chi connectivity index (χ1n) is 8.40. The van der Waals surface area contributed by atoms with Crippen LogP contribution in [0.5, 0.6) is 0 Å². The second-order valence-corrected chi connectivity index (χ2v) is 6.81. The van der Waals surface area contributed by atoms with Crippen LogP contribution in [-0.2, 0) is 9.53 Å². The number of carbonyl (C=O) groups is 1. The summed E-state index contributed by atoms with van der Waals surface area (Å²) in [5, 5.41) is 6.36. The van der Waals surface area contributed by atoms with Crippen molar-refractivity contribution in [2.45, 2.75) is 51.0 Å². The van der Waals surface area contributed by atoms with Crippen LogP contribution in [-0.4, -0.2) is 38.3 Å². The molecule has 2 bridgehead atoms. The van der Waals surface area contributed by atoms with Crippen LogP contribution in [0.1, 0.15) is 44.9 Å². The fourth-order valence-corrected chi connectivity index (χ4v) is 4.31. The van der Waals surface area contributed by atoms with Gasteiger partial charge in [0.1, 0.15) is 0 Å². The molecule has 20 heavy (non-hydrogen) atoms. The maximum absolute atomic E-state index is 11.9. The Kier molecular flexibility index (Phi) is 4.94. The maximum Gasteiger partial charge on any atom is 0.220 e. The highest BCUT2D eigenvalue weighted by Crippen LogP contribution is 2.49. The fraction of sp³-hybridized carbons (Fsp3) is 0.938. The van der Waals surface area contributed by atoms with Gasteiger partial charge in [-0.1, -0.05) is 6.42 Å². The van der Waals surface area contributed by atoms with Crippen LogP contribution < -0.4 is 10.6 Å². The van der Waals surface area contributed by atoms with E-state index in [9.17, 15) is 4.79 Å². The van der Waals surface area contributed by atoms with Gasteiger partial charge in [-0.15, -0.1) is 0 Å². The molecule has 0 radical (unpaired) electrons. The second kappa shape index (κ2) is 6.90. The number of rotatable bonds is 6. The van der Waals surface area contributed by atoms with Gasteiger partial charge in [0.2, 0.25) is 5.91 Å². The highest BCUT2D eigenvalue weighted by atomic mass is 16.5. The predicted molar refractivity (Wildman–Crippen MR) is 78.4 cm³/mol. The lowest BCUT2D eigenvalue weighted by Gasteiger charge is -2.23. The zero-order valence-electron chi connectivity index (χ0n) is 12.4. The fourth-order valence-electron chi connectivity index (χ4n) is 4.31. The zero-order valence-corrected chi connectivity index (χ0v) is 12.4. The molecule has 3 atom stereocenters. The molecule has 1 saturated heterocycles. The summed E-state index contributed by atoms with van der Waals surface area (Å²) in [6.07, 6.45) is 8.78. The summed E-state index contributed by atoms with van der Waals surface area (Å²) in [5.41, 5.74) is 0. The molecule has 0 spiro atoms. The molecule has 1 aliphatic heterocycles. The molecule has 4 heteroatoms. The summed E-state index contributed by atoms with van der Waals surface area (Å²) >= 11 is 0. The van der Waals surface area contributed by atoms with E-state index in [1.54, 1.807) is 0 Å². The molecular weight excluding hydrogens is 252 g/mol. The third-order valence-corrected chi connectivity index (χ3v) is 5.40. The highest BCUT2D eigenvalue weighted by Gasteiger charge is 2.39. The lowest BCUT2D eigenvalue weighted by Crippen LogP contribution is -2.35. The molecule has 1 heterocycles. The van der Waals surface area contributed by atoms with Gasteiger partial charge in [-0.05, 0) is 62.9 Å². The quantitative estimate of drug-likeness (QED) is 0.728. The van der Waals surface area contributed by atoms with Crippen molar-refractivity contribution in [3.8, 4) is 0 Å². The molecule has 0 aromatic carbocycles. The lowest BCUT2D eigenvalue weighted by molar-refractivity contribution is -0.122. The van der Waals surface area contributed by atoms with Gasteiger partial charge in [0.05, 0.1) is 12.7 Å². The van der Waals surface area contributed by atoms with Gasteiger partial charge in [0.15, 0.2) is 0 Å². The minimum Gasteiger partial charge on any atom is -0.376 e. The van der Waals surface area contributed by atoms with Crippen molar-refractivity contribution in [3.05, 3.63) is 0 Å². The minimum absolute atomic E-state index is 0.233. The number of hydrogen-bond acceptors (Lipinski definition) is 3. The second-order valence-electron chi connectivity index (χ2n) is 6.81. The van der Waals surface area contributed by atoms with Crippen LogP contribution in [0, 0.1) is 17.8 Å². The molecule has 0 aromatic rings. The zero-order chi connectivity index (χ0) is 13.8. The van der Waals surface area contributed by atoms with Crippen molar-refractivity contribution in [3.63, 3.8) is 0 Å². The van der Waals surface area contributed by atoms with Crippen molar-refractivity contribution < 1.29 is 9.53 Å². The number of fused-ring (bicyclic) bond motifs is 2. The van der Waals surface area contributed by atoms with E-state index in [0.717, 1.165) is 44.2 Å². The average molecular weight is 280 g/mol. The summed E-state index contributed by atoms with van der Waals surface area (Å²) in [6, 6.07) is 0. The van der Waals surface area contributed by atoms with Gasteiger partial charge >= 0.3 is 0 Å². The molecule has 2 N–H and O–H groups in total. The van der Waals surface area contributed by atoms with E-state index in [4.69, 9.17) is 4.74 Å². The minimum atomic E-state index is 0.233. The molecule has 1 amide bonds. The third kappa shape index (κ3) is 3.73. The van der Waals surface area contributed by atoms with E-state index in [2.05, 4.69) is 10.6 Å². The number of nitrogens with one attached hydrogen (secondary N) is 2. The largest absolute Gasteiger partial charge is 0.376 e. The van der Waals surface area contributed by atoms with Crippen molar-refractivity contribution in [1.82, 2.24) is 10.6 Å². The Hall–Kier alpha value is -0.610. The van der Waals surface area contributed by atoms with Crippen molar-refractivity contribution in [1.29, 1.82) is 0 Å². The summed E-state index contributed by atoms with van der Waals surface area (Å²) in [6.45, 7) is 3.44. The van der Waals surface area contributed by atoms with E-state index in [1.165, 1.54) is 25.7 Å². The molecule has 2 saturated carbocycles. The Balaban J connectivity index is 1.26. The Morgan fingerprint density at radius 3 is 2.70 bits per heavy atom. The van der Waals surface area contributed by atoms with Crippen molar-refractivity contribution in [2.24, 2.45) is 17.8 Å². The van der Waals surface area contributed by atoms with Crippen LogP contribution >= 0.6 is 0 Å². The molecule has 3 rings (SSSR count). The van der Waals surface area contributed by atoms with Crippen molar-refractivity contribution in [2.75, 3.05) is 26.2 Å². The standard InChI is InChI=1S/C16H28N2O2/c19-16(11-14-10-12-1-2-13(14)9-12)18-7-8-20-15-3-5-17-6-4-15/h12-15,17H,1-11H2,(H,18,19). The normalized spacial score (nSPS) is 33.5. The van der Waals surface area contributed by atoms with Gasteiger partial charge in [-0.3, -0.25) is 4.79 Å². The highest BCUT2D eigenvalue weighted by molar-refractivity contribution is 5.76. The summed E-state index contributed by atoms with van der Waals surface area (Å²) in [7, 11) is 0.